The molecule has 0 spiro atoms. The Morgan fingerprint density at radius 1 is 1.31 bits per heavy atom. The predicted molar refractivity (Wildman–Crippen MR) is 102 cm³/mol. The first-order chi connectivity index (χ1) is 12.6. The highest BCUT2D eigenvalue weighted by Crippen LogP contribution is 2.29. The number of aryl methyl sites for hydroxylation is 1. The fraction of sp³-hybridized carbons (Fsp3) is 0.632. The van der Waals surface area contributed by atoms with Gasteiger partial charge in [0.2, 0.25) is 0 Å². The minimum Gasteiger partial charge on any atom is -0.481 e. The molecule has 2 aliphatic heterocycles. The number of hydrogen-bond donors (Lipinski definition) is 3. The molecule has 3 rings (SSSR count). The molecule has 7 heteroatoms. The van der Waals surface area contributed by atoms with Crippen LogP contribution in [-0.4, -0.2) is 53.2 Å². The number of rotatable bonds is 4. The van der Waals surface area contributed by atoms with Gasteiger partial charge in [-0.1, -0.05) is 19.9 Å². The number of fused-ring (bicyclic) bond motifs is 1. The summed E-state index contributed by atoms with van der Waals surface area (Å²) in [5, 5.41) is 14.6. The van der Waals surface area contributed by atoms with E-state index in [1.807, 2.05) is 13.8 Å². The lowest BCUT2D eigenvalue weighted by Crippen LogP contribution is -2.44. The fourth-order valence-electron chi connectivity index (χ4n) is 3.34. The number of hydrogen-bond acceptors (Lipinski definition) is 4. The third kappa shape index (κ3) is 5.34. The fourth-order valence-corrected chi connectivity index (χ4v) is 3.34. The molecule has 0 radical (unpaired) electrons. The van der Waals surface area contributed by atoms with Crippen LogP contribution < -0.4 is 10.6 Å². The number of aliphatic carboxylic acids is 1. The lowest BCUT2D eigenvalue weighted by molar-refractivity contribution is -0.136. The first-order valence-electron chi connectivity index (χ1n) is 9.62. The Hall–Kier alpha value is -2.31. The number of aromatic nitrogens is 1. The number of carbonyl (C=O) groups is 2. The van der Waals surface area contributed by atoms with E-state index in [-0.39, 0.29) is 19.0 Å². The quantitative estimate of drug-likeness (QED) is 0.766. The van der Waals surface area contributed by atoms with Gasteiger partial charge in [0.15, 0.2) is 0 Å². The average Bonchev–Trinajstić information content (AvgIpc) is 2.69. The van der Waals surface area contributed by atoms with Crippen molar-refractivity contribution in [3.8, 4) is 0 Å². The van der Waals surface area contributed by atoms with Crippen molar-refractivity contribution in [2.45, 2.75) is 51.9 Å². The van der Waals surface area contributed by atoms with Crippen LogP contribution in [0.4, 0.5) is 10.6 Å². The smallest absolute Gasteiger partial charge is 0.317 e. The lowest BCUT2D eigenvalue weighted by atomic mass is 9.92. The highest BCUT2D eigenvalue weighted by molar-refractivity contribution is 5.75. The molecule has 2 amide bonds. The minimum absolute atomic E-state index is 0.0474. The van der Waals surface area contributed by atoms with E-state index in [0.717, 1.165) is 43.7 Å². The zero-order chi connectivity index (χ0) is 18.9. The number of amides is 2. The number of likely N-dealkylation sites (tertiary alicyclic amines) is 1. The molecule has 1 saturated heterocycles. The van der Waals surface area contributed by atoms with Crippen molar-refractivity contribution in [3.05, 3.63) is 23.4 Å². The van der Waals surface area contributed by atoms with Gasteiger partial charge in [0, 0.05) is 37.8 Å². The van der Waals surface area contributed by atoms with Gasteiger partial charge in [-0.25, -0.2) is 9.78 Å². The van der Waals surface area contributed by atoms with Crippen LogP contribution in [0.15, 0.2) is 12.1 Å². The minimum atomic E-state index is -0.902. The van der Waals surface area contributed by atoms with Crippen molar-refractivity contribution in [1.82, 2.24) is 15.2 Å². The number of carboxylic acid groups (broad SMARTS) is 1. The number of nitrogens with zero attached hydrogens (tertiary/aromatic N) is 2. The highest BCUT2D eigenvalue weighted by Gasteiger charge is 2.25. The van der Waals surface area contributed by atoms with E-state index in [9.17, 15) is 9.59 Å². The molecule has 3 N–H and O–H groups in total. The first-order valence-corrected chi connectivity index (χ1v) is 9.62. The Kier molecular flexibility index (Phi) is 7.69. The zero-order valence-electron chi connectivity index (χ0n) is 15.8. The van der Waals surface area contributed by atoms with E-state index in [4.69, 9.17) is 10.1 Å². The maximum absolute atomic E-state index is 12.0. The van der Waals surface area contributed by atoms with Gasteiger partial charge in [0.1, 0.15) is 5.82 Å². The van der Waals surface area contributed by atoms with Crippen molar-refractivity contribution in [1.29, 1.82) is 0 Å². The maximum atomic E-state index is 12.0. The number of carboxylic acids is 1. The molecule has 0 unspecified atom stereocenters. The zero-order valence-corrected chi connectivity index (χ0v) is 15.8. The topological polar surface area (TPSA) is 94.6 Å². The van der Waals surface area contributed by atoms with Crippen molar-refractivity contribution in [2.75, 3.05) is 31.5 Å². The third-order valence-corrected chi connectivity index (χ3v) is 4.73. The summed E-state index contributed by atoms with van der Waals surface area (Å²) in [7, 11) is 0. The van der Waals surface area contributed by atoms with Crippen molar-refractivity contribution in [3.63, 3.8) is 0 Å². The highest BCUT2D eigenvalue weighted by atomic mass is 16.4. The van der Waals surface area contributed by atoms with Gasteiger partial charge < -0.3 is 20.6 Å². The van der Waals surface area contributed by atoms with Crippen LogP contribution in [-0.2, 0) is 11.2 Å². The third-order valence-electron chi connectivity index (χ3n) is 4.73. The second-order valence-corrected chi connectivity index (χ2v) is 6.41. The molecule has 144 valence electrons. The summed E-state index contributed by atoms with van der Waals surface area (Å²) in [6.07, 6.45) is 3.97. The van der Waals surface area contributed by atoms with Crippen molar-refractivity contribution in [2.24, 2.45) is 0 Å². The normalized spacial score (nSPS) is 16.6. The van der Waals surface area contributed by atoms with Gasteiger partial charge in [-0.2, -0.15) is 0 Å². The Morgan fingerprint density at radius 2 is 2.04 bits per heavy atom. The Bertz CT molecular complexity index is 613. The maximum Gasteiger partial charge on any atom is 0.317 e. The van der Waals surface area contributed by atoms with Gasteiger partial charge in [-0.3, -0.25) is 4.79 Å². The standard InChI is InChI=1S/C17H24N4O3.C2H6/c22-15(23)5-9-19-17(24)21-10-6-12(7-11-21)14-4-3-13-2-1-8-18-16(13)20-14;1-2/h3-4,12H,1-2,5-11H2,(H,18,20)(H,19,24)(H,22,23);1-2H3. The van der Waals surface area contributed by atoms with E-state index in [1.165, 1.54) is 5.56 Å². The molecule has 1 aromatic rings. The summed E-state index contributed by atoms with van der Waals surface area (Å²) in [5.41, 5.74) is 2.40. The predicted octanol–water partition coefficient (Wildman–Crippen LogP) is 2.83. The summed E-state index contributed by atoms with van der Waals surface area (Å²) in [5.74, 6) is 0.496. The molecule has 2 aliphatic rings. The van der Waals surface area contributed by atoms with Crippen LogP contribution in [0.3, 0.4) is 0 Å². The molecule has 1 fully saturated rings. The monoisotopic (exact) mass is 362 g/mol. The van der Waals surface area contributed by atoms with Gasteiger partial charge >= 0.3 is 12.0 Å². The van der Waals surface area contributed by atoms with Crippen molar-refractivity contribution < 1.29 is 14.7 Å². The number of anilines is 1. The van der Waals surface area contributed by atoms with Crippen LogP contribution in [0.5, 0.6) is 0 Å². The van der Waals surface area contributed by atoms with E-state index in [2.05, 4.69) is 22.8 Å². The van der Waals surface area contributed by atoms with Gasteiger partial charge in [-0.05, 0) is 37.3 Å². The molecule has 7 nitrogen and oxygen atoms in total. The lowest BCUT2D eigenvalue weighted by Gasteiger charge is -2.32. The number of carbonyl (C=O) groups excluding carboxylic acids is 1. The Labute approximate surface area is 155 Å². The SMILES string of the molecule is CC.O=C(O)CCNC(=O)N1CCC(c2ccc3c(n2)NCCC3)CC1. The van der Waals surface area contributed by atoms with Crippen LogP contribution >= 0.6 is 0 Å². The van der Waals surface area contributed by atoms with Gasteiger partial charge in [0.05, 0.1) is 6.42 Å². The van der Waals surface area contributed by atoms with E-state index >= 15 is 0 Å². The molecule has 3 heterocycles. The summed E-state index contributed by atoms with van der Waals surface area (Å²) in [4.78, 5) is 29.0. The molecular weight excluding hydrogens is 332 g/mol. The van der Waals surface area contributed by atoms with Crippen LogP contribution in [0.2, 0.25) is 0 Å². The molecule has 0 bridgehead atoms. The Balaban J connectivity index is 0.00000117. The molecular formula is C19H30N4O3. The first kappa shape index (κ1) is 20.0. The van der Waals surface area contributed by atoms with Gasteiger partial charge in [0.25, 0.3) is 0 Å². The molecule has 0 saturated carbocycles. The number of urea groups is 1. The van der Waals surface area contributed by atoms with Crippen LogP contribution in [0, 0.1) is 0 Å². The Morgan fingerprint density at radius 3 is 2.73 bits per heavy atom. The van der Waals surface area contributed by atoms with Crippen LogP contribution in [0.25, 0.3) is 0 Å². The number of piperidine rings is 1. The molecule has 26 heavy (non-hydrogen) atoms. The van der Waals surface area contributed by atoms with Gasteiger partial charge in [-0.15, -0.1) is 0 Å². The summed E-state index contributed by atoms with van der Waals surface area (Å²) in [6.45, 7) is 6.51. The largest absolute Gasteiger partial charge is 0.481 e. The second-order valence-electron chi connectivity index (χ2n) is 6.41. The van der Waals surface area contributed by atoms with E-state index < -0.39 is 5.97 Å². The van der Waals surface area contributed by atoms with Crippen molar-refractivity contribution >= 4 is 17.8 Å². The van der Waals surface area contributed by atoms with E-state index in [1.54, 1.807) is 4.90 Å². The summed E-state index contributed by atoms with van der Waals surface area (Å²) in [6, 6.07) is 4.13. The second kappa shape index (κ2) is 9.99. The summed E-state index contributed by atoms with van der Waals surface area (Å²) >= 11 is 0. The van der Waals surface area contributed by atoms with E-state index in [0.29, 0.717) is 19.0 Å². The van der Waals surface area contributed by atoms with Crippen LogP contribution in [0.1, 0.15) is 56.7 Å². The average molecular weight is 362 g/mol. The molecule has 1 aromatic heterocycles. The molecule has 0 atom stereocenters. The number of pyridine rings is 1. The molecule has 0 aliphatic carbocycles. The number of nitrogens with one attached hydrogen (secondary N) is 2. The molecule has 0 aromatic carbocycles. The summed E-state index contributed by atoms with van der Waals surface area (Å²) < 4.78 is 0.